The Hall–Kier alpha value is -0.780. The van der Waals surface area contributed by atoms with E-state index in [1.165, 1.54) is 18.2 Å². The van der Waals surface area contributed by atoms with Crippen molar-refractivity contribution in [2.24, 2.45) is 0 Å². The molecular formula is C12H18ClNO3S. The first-order valence-electron chi connectivity index (χ1n) is 5.51. The van der Waals surface area contributed by atoms with Gasteiger partial charge < -0.3 is 10.5 Å². The van der Waals surface area contributed by atoms with Crippen LogP contribution in [0.2, 0.25) is 5.02 Å². The van der Waals surface area contributed by atoms with Crippen LogP contribution in [-0.4, -0.2) is 26.9 Å². The number of anilines is 1. The molecule has 0 bridgehead atoms. The Bertz CT molecular complexity index is 526. The summed E-state index contributed by atoms with van der Waals surface area (Å²) < 4.78 is 29.5. The Morgan fingerprint density at radius 2 is 2.00 bits per heavy atom. The molecular weight excluding hydrogens is 274 g/mol. The first-order chi connectivity index (χ1) is 8.18. The molecule has 0 aliphatic heterocycles. The van der Waals surface area contributed by atoms with Crippen molar-refractivity contribution in [3.8, 4) is 0 Å². The van der Waals surface area contributed by atoms with Crippen LogP contribution in [0.3, 0.4) is 0 Å². The van der Waals surface area contributed by atoms with Crippen molar-refractivity contribution in [3.05, 3.63) is 23.2 Å². The maximum Gasteiger partial charge on any atom is 0.180 e. The van der Waals surface area contributed by atoms with Crippen LogP contribution in [0.4, 0.5) is 5.69 Å². The number of hydrogen-bond acceptors (Lipinski definition) is 4. The van der Waals surface area contributed by atoms with Crippen LogP contribution in [0, 0.1) is 0 Å². The first-order valence-corrected chi connectivity index (χ1v) is 7.54. The first kappa shape index (κ1) is 15.3. The van der Waals surface area contributed by atoms with Crippen molar-refractivity contribution in [2.75, 3.05) is 18.6 Å². The van der Waals surface area contributed by atoms with Gasteiger partial charge in [-0.25, -0.2) is 8.42 Å². The van der Waals surface area contributed by atoms with E-state index >= 15 is 0 Å². The van der Waals surface area contributed by atoms with Crippen LogP contribution in [0.25, 0.3) is 0 Å². The molecule has 1 rings (SSSR count). The number of sulfone groups is 1. The quantitative estimate of drug-likeness (QED) is 0.846. The Balaban J connectivity index is 2.94. The predicted molar refractivity (Wildman–Crippen MR) is 73.6 cm³/mol. The maximum absolute atomic E-state index is 12.1. The van der Waals surface area contributed by atoms with E-state index in [1.54, 1.807) is 7.11 Å². The molecule has 18 heavy (non-hydrogen) atoms. The molecule has 0 unspecified atom stereocenters. The molecule has 1 aromatic carbocycles. The maximum atomic E-state index is 12.1. The molecule has 0 aliphatic carbocycles. The van der Waals surface area contributed by atoms with E-state index in [2.05, 4.69) is 0 Å². The lowest BCUT2D eigenvalue weighted by Crippen LogP contribution is -2.26. The summed E-state index contributed by atoms with van der Waals surface area (Å²) in [4.78, 5) is 0.124. The number of benzene rings is 1. The van der Waals surface area contributed by atoms with E-state index < -0.39 is 15.4 Å². The van der Waals surface area contributed by atoms with E-state index in [1.807, 2.05) is 13.8 Å². The van der Waals surface area contributed by atoms with Gasteiger partial charge in [0.05, 0.1) is 21.9 Å². The summed E-state index contributed by atoms with van der Waals surface area (Å²) >= 11 is 5.74. The molecule has 6 heteroatoms. The number of rotatable bonds is 5. The summed E-state index contributed by atoms with van der Waals surface area (Å²) in [7, 11) is -1.86. The highest BCUT2D eigenvalue weighted by molar-refractivity contribution is 7.91. The summed E-state index contributed by atoms with van der Waals surface area (Å²) in [5.74, 6) is -0.0142. The molecule has 1 aromatic rings. The summed E-state index contributed by atoms with van der Waals surface area (Å²) in [6.07, 6.45) is 0.397. The van der Waals surface area contributed by atoms with Gasteiger partial charge in [-0.2, -0.15) is 0 Å². The lowest BCUT2D eigenvalue weighted by molar-refractivity contribution is 0.0203. The highest BCUT2D eigenvalue weighted by atomic mass is 35.5. The number of hydrogen-bond donors (Lipinski definition) is 1. The van der Waals surface area contributed by atoms with Gasteiger partial charge in [-0.15, -0.1) is 0 Å². The van der Waals surface area contributed by atoms with Crippen molar-refractivity contribution >= 4 is 27.1 Å². The van der Waals surface area contributed by atoms with Crippen molar-refractivity contribution in [1.29, 1.82) is 0 Å². The Morgan fingerprint density at radius 1 is 1.39 bits per heavy atom. The van der Waals surface area contributed by atoms with Gasteiger partial charge in [-0.3, -0.25) is 0 Å². The van der Waals surface area contributed by atoms with Crippen LogP contribution in [0.15, 0.2) is 23.1 Å². The summed E-state index contributed by atoms with van der Waals surface area (Å²) in [5.41, 5.74) is 5.39. The molecule has 2 N–H and O–H groups in total. The third-order valence-electron chi connectivity index (χ3n) is 2.83. The van der Waals surface area contributed by atoms with E-state index in [-0.39, 0.29) is 16.3 Å². The Labute approximate surface area is 113 Å². The second-order valence-corrected chi connectivity index (χ2v) is 7.23. The second kappa shape index (κ2) is 5.47. The minimum atomic E-state index is -3.41. The third-order valence-corrected chi connectivity index (χ3v) is 4.85. The zero-order chi connectivity index (χ0) is 14.0. The van der Waals surface area contributed by atoms with Crippen molar-refractivity contribution in [3.63, 3.8) is 0 Å². The van der Waals surface area contributed by atoms with Crippen LogP contribution in [-0.2, 0) is 14.6 Å². The zero-order valence-electron chi connectivity index (χ0n) is 10.7. The van der Waals surface area contributed by atoms with E-state index in [4.69, 9.17) is 22.1 Å². The van der Waals surface area contributed by atoms with Crippen LogP contribution < -0.4 is 5.73 Å². The Morgan fingerprint density at radius 3 is 2.50 bits per heavy atom. The molecule has 0 radical (unpaired) electrons. The lowest BCUT2D eigenvalue weighted by Gasteiger charge is -2.22. The fraction of sp³-hybridized carbons (Fsp3) is 0.500. The van der Waals surface area contributed by atoms with Crippen LogP contribution >= 0.6 is 11.6 Å². The van der Waals surface area contributed by atoms with Gasteiger partial charge in [0.15, 0.2) is 9.84 Å². The number of methoxy groups -OCH3 is 1. The lowest BCUT2D eigenvalue weighted by atomic mass is 10.1. The Kier molecular flexibility index (Phi) is 4.64. The highest BCUT2D eigenvalue weighted by Crippen LogP contribution is 2.25. The third kappa shape index (κ3) is 3.86. The minimum Gasteiger partial charge on any atom is -0.398 e. The van der Waals surface area contributed by atoms with E-state index in [0.29, 0.717) is 11.4 Å². The molecule has 0 saturated carbocycles. The summed E-state index contributed by atoms with van der Waals surface area (Å²) in [6, 6.07) is 4.40. The zero-order valence-corrected chi connectivity index (χ0v) is 12.3. The topological polar surface area (TPSA) is 69.4 Å². The largest absolute Gasteiger partial charge is 0.398 e. The highest BCUT2D eigenvalue weighted by Gasteiger charge is 2.24. The van der Waals surface area contributed by atoms with Gasteiger partial charge in [0.1, 0.15) is 0 Å². The van der Waals surface area contributed by atoms with Gasteiger partial charge >= 0.3 is 0 Å². The van der Waals surface area contributed by atoms with Crippen molar-refractivity contribution < 1.29 is 13.2 Å². The summed E-state index contributed by atoms with van der Waals surface area (Å²) in [5, 5.41) is 0.420. The van der Waals surface area contributed by atoms with Crippen LogP contribution in [0.1, 0.15) is 20.3 Å². The average molecular weight is 292 g/mol. The number of nitrogens with two attached hydrogens (primary N) is 1. The monoisotopic (exact) mass is 291 g/mol. The van der Waals surface area contributed by atoms with Gasteiger partial charge in [-0.05, 0) is 38.5 Å². The van der Waals surface area contributed by atoms with Gasteiger partial charge in [-0.1, -0.05) is 11.6 Å². The molecule has 0 spiro atoms. The van der Waals surface area contributed by atoms with E-state index in [9.17, 15) is 8.42 Å². The van der Waals surface area contributed by atoms with Crippen LogP contribution in [0.5, 0.6) is 0 Å². The SMILES string of the molecule is COC(C)(C)CCS(=O)(=O)c1ccc(Cl)cc1N. The number of ether oxygens (including phenoxy) is 1. The van der Waals surface area contributed by atoms with Gasteiger partial charge in [0.25, 0.3) is 0 Å². The second-order valence-electron chi connectivity index (χ2n) is 4.71. The molecule has 0 aromatic heterocycles. The standard InChI is InChI=1S/C12H18ClNO3S/c1-12(2,17-3)6-7-18(15,16)11-5-4-9(13)8-10(11)14/h4-5,8H,6-7,14H2,1-3H3. The predicted octanol–water partition coefficient (Wildman–Crippen LogP) is 2.51. The molecule has 0 saturated heterocycles. The fourth-order valence-electron chi connectivity index (χ4n) is 1.39. The molecule has 4 nitrogen and oxygen atoms in total. The normalized spacial score (nSPS) is 12.7. The van der Waals surface area contributed by atoms with Gasteiger partial charge in [0.2, 0.25) is 0 Å². The molecule has 0 heterocycles. The number of halogens is 1. The smallest absolute Gasteiger partial charge is 0.180 e. The van der Waals surface area contributed by atoms with E-state index in [0.717, 1.165) is 0 Å². The molecule has 0 aliphatic rings. The molecule has 0 fully saturated rings. The minimum absolute atomic E-state index is 0.0142. The molecule has 0 atom stereocenters. The summed E-state index contributed by atoms with van der Waals surface area (Å²) in [6.45, 7) is 3.68. The van der Waals surface area contributed by atoms with Gasteiger partial charge in [0, 0.05) is 12.1 Å². The number of nitrogen functional groups attached to an aromatic ring is 1. The average Bonchev–Trinajstić information content (AvgIpc) is 2.26. The molecule has 102 valence electrons. The fourth-order valence-corrected chi connectivity index (χ4v) is 3.25. The van der Waals surface area contributed by atoms with Crippen molar-refractivity contribution in [2.45, 2.75) is 30.8 Å². The van der Waals surface area contributed by atoms with Crippen molar-refractivity contribution in [1.82, 2.24) is 0 Å². The molecule has 0 amide bonds.